The van der Waals surface area contributed by atoms with E-state index in [4.69, 9.17) is 11.6 Å². The number of halogens is 2. The standard InChI is InChI=1S/C19H20ClFN4O4/c1-22-10-4-5-23(7-10)18-14(21)6-12-17(16(18)20)24(11-2-3-11)8-13(19(12)27)15(26)9-25(28)29/h6,8,10-11,22H,2-5,7,9H2,1H3. The molecule has 1 aromatic heterocycles. The summed E-state index contributed by atoms with van der Waals surface area (Å²) in [6, 6.07) is 1.35. The first-order valence-electron chi connectivity index (χ1n) is 9.45. The van der Waals surface area contributed by atoms with E-state index >= 15 is 4.39 Å². The van der Waals surface area contributed by atoms with Gasteiger partial charge in [-0.2, -0.15) is 0 Å². The Morgan fingerprint density at radius 1 is 1.41 bits per heavy atom. The van der Waals surface area contributed by atoms with Crippen LogP contribution in [-0.4, -0.2) is 48.0 Å². The number of ketones is 1. The fraction of sp³-hybridized carbons (Fsp3) is 0.474. The maximum absolute atomic E-state index is 15.0. The van der Waals surface area contributed by atoms with Crippen LogP contribution >= 0.6 is 11.6 Å². The number of benzene rings is 1. The van der Waals surface area contributed by atoms with Crippen LogP contribution in [0.2, 0.25) is 5.02 Å². The van der Waals surface area contributed by atoms with E-state index in [1.807, 2.05) is 11.9 Å². The van der Waals surface area contributed by atoms with Gasteiger partial charge in [-0.25, -0.2) is 4.39 Å². The number of aromatic nitrogens is 1. The zero-order valence-electron chi connectivity index (χ0n) is 15.8. The number of pyridine rings is 1. The summed E-state index contributed by atoms with van der Waals surface area (Å²) in [7, 11) is 1.85. The number of rotatable bonds is 6. The zero-order valence-corrected chi connectivity index (χ0v) is 16.5. The fourth-order valence-corrected chi connectivity index (χ4v) is 4.37. The minimum Gasteiger partial charge on any atom is -0.366 e. The Kier molecular flexibility index (Phi) is 5.04. The van der Waals surface area contributed by atoms with E-state index in [0.29, 0.717) is 18.6 Å². The number of nitrogens with one attached hydrogen (secondary N) is 1. The Morgan fingerprint density at radius 2 is 2.14 bits per heavy atom. The summed E-state index contributed by atoms with van der Waals surface area (Å²) in [5.41, 5.74) is -0.414. The molecule has 10 heteroatoms. The molecular formula is C19H20ClFN4O4. The van der Waals surface area contributed by atoms with E-state index < -0.39 is 28.5 Å². The van der Waals surface area contributed by atoms with Crippen molar-refractivity contribution < 1.29 is 14.1 Å². The number of carbonyl (C=O) groups excluding carboxylic acids is 1. The lowest BCUT2D eigenvalue weighted by Gasteiger charge is -2.23. The molecule has 0 radical (unpaired) electrons. The second-order valence-electron chi connectivity index (χ2n) is 7.56. The van der Waals surface area contributed by atoms with Gasteiger partial charge in [0.2, 0.25) is 11.2 Å². The van der Waals surface area contributed by atoms with E-state index in [1.165, 1.54) is 6.20 Å². The Balaban J connectivity index is 1.92. The summed E-state index contributed by atoms with van der Waals surface area (Å²) in [4.78, 5) is 36.9. The Morgan fingerprint density at radius 3 is 2.72 bits per heavy atom. The van der Waals surface area contributed by atoms with Crippen LogP contribution in [0.25, 0.3) is 10.9 Å². The van der Waals surface area contributed by atoms with Crippen LogP contribution in [0.1, 0.15) is 35.7 Å². The van der Waals surface area contributed by atoms with Gasteiger partial charge in [0, 0.05) is 36.3 Å². The molecule has 154 valence electrons. The second kappa shape index (κ2) is 7.38. The highest BCUT2D eigenvalue weighted by atomic mass is 35.5. The number of Topliss-reactive ketones (excluding diaryl/α,β-unsaturated/α-hetero) is 1. The van der Waals surface area contributed by atoms with Crippen LogP contribution in [0.15, 0.2) is 17.1 Å². The molecule has 29 heavy (non-hydrogen) atoms. The molecule has 1 saturated heterocycles. The number of hydrogen-bond donors (Lipinski definition) is 1. The van der Waals surface area contributed by atoms with Gasteiger partial charge in [0.15, 0.2) is 0 Å². The van der Waals surface area contributed by atoms with Gasteiger partial charge in [0.1, 0.15) is 5.82 Å². The SMILES string of the molecule is CNC1CCN(c2c(F)cc3c(=O)c(C(=O)C[N+](=O)[O-])cn(C4CC4)c3c2Cl)C1. The molecule has 4 rings (SSSR count). The number of anilines is 1. The number of nitro groups is 1. The van der Waals surface area contributed by atoms with E-state index in [1.54, 1.807) is 4.57 Å². The van der Waals surface area contributed by atoms with E-state index in [0.717, 1.165) is 25.3 Å². The second-order valence-corrected chi connectivity index (χ2v) is 7.94. The molecule has 0 amide bonds. The summed E-state index contributed by atoms with van der Waals surface area (Å²) in [6.07, 6.45) is 3.85. The van der Waals surface area contributed by atoms with Crippen molar-refractivity contribution in [1.29, 1.82) is 0 Å². The van der Waals surface area contributed by atoms with E-state index in [-0.39, 0.29) is 33.7 Å². The predicted octanol–water partition coefficient (Wildman–Crippen LogP) is 2.39. The molecule has 2 heterocycles. The minimum atomic E-state index is -0.987. The topological polar surface area (TPSA) is 97.5 Å². The van der Waals surface area contributed by atoms with Crippen molar-refractivity contribution in [3.8, 4) is 0 Å². The molecule has 2 fully saturated rings. The van der Waals surface area contributed by atoms with Crippen molar-refractivity contribution in [2.75, 3.05) is 31.6 Å². The largest absolute Gasteiger partial charge is 0.366 e. The molecule has 1 atom stereocenters. The smallest absolute Gasteiger partial charge is 0.266 e. The Labute approximate surface area is 170 Å². The third-order valence-electron chi connectivity index (χ3n) is 5.61. The molecule has 1 aliphatic carbocycles. The first kappa shape index (κ1) is 19.8. The van der Waals surface area contributed by atoms with E-state index in [9.17, 15) is 19.7 Å². The molecule has 1 unspecified atom stereocenters. The summed E-state index contributed by atoms with van der Waals surface area (Å²) < 4.78 is 16.8. The average Bonchev–Trinajstić information content (AvgIpc) is 3.40. The molecule has 1 N–H and O–H groups in total. The maximum atomic E-state index is 15.0. The van der Waals surface area contributed by atoms with Crippen molar-refractivity contribution in [1.82, 2.24) is 9.88 Å². The predicted molar refractivity (Wildman–Crippen MR) is 107 cm³/mol. The molecular weight excluding hydrogens is 403 g/mol. The van der Waals surface area contributed by atoms with Crippen LogP contribution < -0.4 is 15.6 Å². The van der Waals surface area contributed by atoms with Gasteiger partial charge in [-0.1, -0.05) is 11.6 Å². The number of likely N-dealkylation sites (N-methyl/N-ethyl adjacent to an activating group) is 1. The van der Waals surface area contributed by atoms with Gasteiger partial charge in [-0.15, -0.1) is 0 Å². The fourth-order valence-electron chi connectivity index (χ4n) is 3.96. The third kappa shape index (κ3) is 3.49. The Bertz CT molecular complexity index is 1080. The van der Waals surface area contributed by atoms with Crippen LogP contribution in [-0.2, 0) is 0 Å². The molecule has 0 bridgehead atoms. The normalized spacial score (nSPS) is 19.1. The molecule has 1 aliphatic heterocycles. The zero-order chi connectivity index (χ0) is 20.9. The van der Waals surface area contributed by atoms with Crippen molar-refractivity contribution >= 4 is 34.0 Å². The lowest BCUT2D eigenvalue weighted by atomic mass is 10.1. The first-order chi connectivity index (χ1) is 13.8. The number of nitrogens with zero attached hydrogens (tertiary/aromatic N) is 3. The third-order valence-corrected chi connectivity index (χ3v) is 5.97. The van der Waals surface area contributed by atoms with Crippen LogP contribution in [0.3, 0.4) is 0 Å². The highest BCUT2D eigenvalue weighted by Gasteiger charge is 2.32. The van der Waals surface area contributed by atoms with Gasteiger partial charge in [-0.05, 0) is 32.4 Å². The van der Waals surface area contributed by atoms with Gasteiger partial charge in [0.05, 0.1) is 27.2 Å². The molecule has 2 aliphatic rings. The lowest BCUT2D eigenvalue weighted by molar-refractivity contribution is -0.465. The van der Waals surface area contributed by atoms with E-state index in [2.05, 4.69) is 5.32 Å². The van der Waals surface area contributed by atoms with Gasteiger partial charge in [0.25, 0.3) is 6.54 Å². The highest BCUT2D eigenvalue weighted by Crippen LogP contribution is 2.42. The summed E-state index contributed by atoms with van der Waals surface area (Å²) >= 11 is 6.63. The summed E-state index contributed by atoms with van der Waals surface area (Å²) in [6.45, 7) is 0.228. The van der Waals surface area contributed by atoms with Crippen molar-refractivity contribution in [2.45, 2.75) is 31.3 Å². The minimum absolute atomic E-state index is 0.0262. The quantitative estimate of drug-likeness (QED) is 0.436. The Hall–Kier alpha value is -2.52. The van der Waals surface area contributed by atoms with Gasteiger partial charge < -0.3 is 14.8 Å². The lowest BCUT2D eigenvalue weighted by Crippen LogP contribution is -2.30. The van der Waals surface area contributed by atoms with Crippen molar-refractivity contribution in [2.24, 2.45) is 0 Å². The molecule has 1 aromatic carbocycles. The van der Waals surface area contributed by atoms with Crippen molar-refractivity contribution in [3.05, 3.63) is 49.0 Å². The van der Waals surface area contributed by atoms with Gasteiger partial charge in [-0.3, -0.25) is 19.7 Å². The average molecular weight is 423 g/mol. The van der Waals surface area contributed by atoms with Crippen molar-refractivity contribution in [3.63, 3.8) is 0 Å². The summed E-state index contributed by atoms with van der Waals surface area (Å²) in [5, 5.41) is 14.0. The number of carbonyl (C=O) groups is 1. The highest BCUT2D eigenvalue weighted by molar-refractivity contribution is 6.38. The molecule has 2 aromatic rings. The van der Waals surface area contributed by atoms with Crippen LogP contribution in [0, 0.1) is 15.9 Å². The van der Waals surface area contributed by atoms with Gasteiger partial charge >= 0.3 is 0 Å². The monoisotopic (exact) mass is 422 g/mol. The van der Waals surface area contributed by atoms with Crippen LogP contribution in [0.4, 0.5) is 10.1 Å². The summed E-state index contributed by atoms with van der Waals surface area (Å²) in [5.74, 6) is -1.54. The molecule has 8 nitrogen and oxygen atoms in total. The maximum Gasteiger partial charge on any atom is 0.266 e. The number of hydrogen-bond acceptors (Lipinski definition) is 6. The van der Waals surface area contributed by atoms with Crippen LogP contribution in [0.5, 0.6) is 0 Å². The first-order valence-corrected chi connectivity index (χ1v) is 9.83. The number of fused-ring (bicyclic) bond motifs is 1. The molecule has 1 saturated carbocycles. The molecule has 0 spiro atoms.